The van der Waals surface area contributed by atoms with Crippen molar-refractivity contribution < 1.29 is 0 Å². The van der Waals surface area contributed by atoms with Crippen LogP contribution in [0.1, 0.15) is 12.0 Å². The van der Waals surface area contributed by atoms with Crippen molar-refractivity contribution in [3.05, 3.63) is 23.8 Å². The number of nitriles is 1. The lowest BCUT2D eigenvalue weighted by Gasteiger charge is -2.11. The van der Waals surface area contributed by atoms with Gasteiger partial charge in [0.25, 0.3) is 0 Å². The van der Waals surface area contributed by atoms with Crippen LogP contribution in [-0.4, -0.2) is 21.1 Å². The fraction of sp³-hybridized carbons (Fsp3) is 0.385. The summed E-state index contributed by atoms with van der Waals surface area (Å²) in [6.07, 6.45) is 1.24. The number of nitrogen functional groups attached to an aromatic ring is 1. The molecule has 1 unspecified atom stereocenters. The number of imidazole rings is 1. The molecule has 1 aromatic carbocycles. The lowest BCUT2D eigenvalue weighted by Crippen LogP contribution is -2.12. The number of aromatic nitrogens is 2. The van der Waals surface area contributed by atoms with Gasteiger partial charge in [0.05, 0.1) is 22.7 Å². The average molecular weight is 258 g/mol. The number of nitrogens with zero attached hydrogens (tertiary/aromatic N) is 3. The second-order valence-corrected chi connectivity index (χ2v) is 5.78. The van der Waals surface area contributed by atoms with Gasteiger partial charge < -0.3 is 10.3 Å². The van der Waals surface area contributed by atoms with E-state index in [-0.39, 0.29) is 0 Å². The van der Waals surface area contributed by atoms with Gasteiger partial charge in [0.15, 0.2) is 0 Å². The second-order valence-electron chi connectivity index (χ2n) is 4.63. The third kappa shape index (κ3) is 1.93. The summed E-state index contributed by atoms with van der Waals surface area (Å²) in [4.78, 5) is 4.36. The summed E-state index contributed by atoms with van der Waals surface area (Å²) in [5.41, 5.74) is 8.49. The molecule has 0 bridgehead atoms. The van der Waals surface area contributed by atoms with Crippen molar-refractivity contribution in [2.24, 2.45) is 5.92 Å². The van der Waals surface area contributed by atoms with Crippen LogP contribution >= 0.6 is 11.8 Å². The molecule has 1 atom stereocenters. The molecule has 18 heavy (non-hydrogen) atoms. The molecule has 1 fully saturated rings. The molecule has 2 heterocycles. The first-order valence-electron chi connectivity index (χ1n) is 6.01. The van der Waals surface area contributed by atoms with Crippen LogP contribution < -0.4 is 5.73 Å². The molecule has 4 nitrogen and oxygen atoms in total. The Hall–Kier alpha value is -1.67. The Morgan fingerprint density at radius 3 is 3.17 bits per heavy atom. The third-order valence-electron chi connectivity index (χ3n) is 3.37. The van der Waals surface area contributed by atoms with Crippen molar-refractivity contribution in [3.8, 4) is 6.07 Å². The van der Waals surface area contributed by atoms with Gasteiger partial charge in [-0.05, 0) is 42.0 Å². The summed E-state index contributed by atoms with van der Waals surface area (Å²) in [6, 6.07) is 7.69. The fourth-order valence-electron chi connectivity index (χ4n) is 2.39. The maximum atomic E-state index is 8.96. The highest BCUT2D eigenvalue weighted by atomic mass is 32.2. The van der Waals surface area contributed by atoms with E-state index >= 15 is 0 Å². The summed E-state index contributed by atoms with van der Waals surface area (Å²) < 4.78 is 2.05. The van der Waals surface area contributed by atoms with Crippen molar-refractivity contribution in [1.82, 2.24) is 9.55 Å². The predicted molar refractivity (Wildman–Crippen MR) is 74.3 cm³/mol. The molecule has 0 saturated carbocycles. The lowest BCUT2D eigenvalue weighted by atomic mass is 10.1. The largest absolute Gasteiger partial charge is 0.369 e. The predicted octanol–water partition coefficient (Wildman–Crippen LogP) is 2.24. The van der Waals surface area contributed by atoms with E-state index in [0.717, 1.165) is 17.6 Å². The Morgan fingerprint density at radius 2 is 2.44 bits per heavy atom. The van der Waals surface area contributed by atoms with Crippen LogP contribution in [0.5, 0.6) is 0 Å². The zero-order valence-electron chi connectivity index (χ0n) is 9.97. The Labute approximate surface area is 110 Å². The molecule has 0 amide bonds. The summed E-state index contributed by atoms with van der Waals surface area (Å²) in [5.74, 6) is 3.65. The Kier molecular flexibility index (Phi) is 2.88. The first-order chi connectivity index (χ1) is 8.78. The number of rotatable bonds is 2. The number of benzene rings is 1. The van der Waals surface area contributed by atoms with Crippen LogP contribution in [0.3, 0.4) is 0 Å². The zero-order valence-corrected chi connectivity index (χ0v) is 10.8. The van der Waals surface area contributed by atoms with E-state index in [1.54, 1.807) is 6.07 Å². The smallest absolute Gasteiger partial charge is 0.201 e. The van der Waals surface area contributed by atoms with Crippen molar-refractivity contribution in [1.29, 1.82) is 5.26 Å². The molecule has 0 radical (unpaired) electrons. The summed E-state index contributed by atoms with van der Waals surface area (Å²) in [6.45, 7) is 0.907. The second kappa shape index (κ2) is 4.54. The van der Waals surface area contributed by atoms with Gasteiger partial charge in [-0.25, -0.2) is 4.98 Å². The topological polar surface area (TPSA) is 67.6 Å². The van der Waals surface area contributed by atoms with Crippen molar-refractivity contribution in [3.63, 3.8) is 0 Å². The third-order valence-corrected chi connectivity index (χ3v) is 4.60. The molecule has 1 aliphatic rings. The number of thioether (sulfide) groups is 1. The minimum absolute atomic E-state index is 0.553. The van der Waals surface area contributed by atoms with Crippen molar-refractivity contribution >= 4 is 28.7 Å². The first kappa shape index (κ1) is 11.4. The average Bonchev–Trinajstić information content (AvgIpc) is 2.99. The molecule has 3 rings (SSSR count). The highest BCUT2D eigenvalue weighted by Crippen LogP contribution is 2.28. The maximum absolute atomic E-state index is 8.96. The monoisotopic (exact) mass is 258 g/mol. The van der Waals surface area contributed by atoms with Gasteiger partial charge in [-0.15, -0.1) is 0 Å². The normalized spacial score (nSPS) is 19.2. The van der Waals surface area contributed by atoms with Crippen LogP contribution in [-0.2, 0) is 6.54 Å². The van der Waals surface area contributed by atoms with E-state index in [0.29, 0.717) is 17.4 Å². The Bertz CT molecular complexity index is 620. The SMILES string of the molecule is N#Cc1ccc2nc(N)n(CC3CCSC3)c2c1. The molecule has 5 heteroatoms. The number of hydrogen-bond donors (Lipinski definition) is 1. The molecular weight excluding hydrogens is 244 g/mol. The highest BCUT2D eigenvalue weighted by molar-refractivity contribution is 7.99. The van der Waals surface area contributed by atoms with Gasteiger partial charge in [-0.2, -0.15) is 17.0 Å². The summed E-state index contributed by atoms with van der Waals surface area (Å²) in [7, 11) is 0. The van der Waals surface area contributed by atoms with E-state index in [2.05, 4.69) is 11.1 Å². The molecular formula is C13H14N4S. The molecule has 1 aromatic heterocycles. The van der Waals surface area contributed by atoms with Crippen molar-refractivity contribution in [2.45, 2.75) is 13.0 Å². The molecule has 2 N–H and O–H groups in total. The van der Waals surface area contributed by atoms with Crippen LogP contribution in [0.15, 0.2) is 18.2 Å². The number of hydrogen-bond acceptors (Lipinski definition) is 4. The van der Waals surface area contributed by atoms with Gasteiger partial charge in [0, 0.05) is 6.54 Å². The van der Waals surface area contributed by atoms with E-state index in [4.69, 9.17) is 11.0 Å². The van der Waals surface area contributed by atoms with E-state index < -0.39 is 0 Å². The van der Waals surface area contributed by atoms with Gasteiger partial charge in [0.2, 0.25) is 5.95 Å². The molecule has 2 aromatic rings. The summed E-state index contributed by atoms with van der Waals surface area (Å²) >= 11 is 2.00. The Morgan fingerprint density at radius 1 is 1.56 bits per heavy atom. The standard InChI is InChI=1S/C13H14N4S/c14-6-9-1-2-11-12(5-9)17(13(15)16-11)7-10-3-4-18-8-10/h1-2,5,10H,3-4,7-8H2,(H2,15,16). The minimum atomic E-state index is 0.553. The van der Waals surface area contributed by atoms with Crippen LogP contribution in [0.4, 0.5) is 5.95 Å². The van der Waals surface area contributed by atoms with Crippen molar-refractivity contribution in [2.75, 3.05) is 17.2 Å². The number of nitrogens with two attached hydrogens (primary N) is 1. The number of anilines is 1. The van der Waals surface area contributed by atoms with Crippen LogP contribution in [0.2, 0.25) is 0 Å². The van der Waals surface area contributed by atoms with E-state index in [9.17, 15) is 0 Å². The quantitative estimate of drug-likeness (QED) is 0.897. The lowest BCUT2D eigenvalue weighted by molar-refractivity contribution is 0.505. The van der Waals surface area contributed by atoms with E-state index in [1.807, 2.05) is 28.5 Å². The maximum Gasteiger partial charge on any atom is 0.201 e. The summed E-state index contributed by atoms with van der Waals surface area (Å²) in [5, 5.41) is 8.96. The van der Waals surface area contributed by atoms with Gasteiger partial charge in [-0.1, -0.05) is 0 Å². The van der Waals surface area contributed by atoms with Crippen LogP contribution in [0, 0.1) is 17.2 Å². The first-order valence-corrected chi connectivity index (χ1v) is 7.17. The van der Waals surface area contributed by atoms with E-state index in [1.165, 1.54) is 17.9 Å². The fourth-order valence-corrected chi connectivity index (χ4v) is 3.66. The Balaban J connectivity index is 2.03. The van der Waals surface area contributed by atoms with Gasteiger partial charge in [0.1, 0.15) is 0 Å². The zero-order chi connectivity index (χ0) is 12.5. The highest BCUT2D eigenvalue weighted by Gasteiger charge is 2.18. The van der Waals surface area contributed by atoms with Crippen LogP contribution in [0.25, 0.3) is 11.0 Å². The minimum Gasteiger partial charge on any atom is -0.369 e. The molecule has 92 valence electrons. The molecule has 1 saturated heterocycles. The molecule has 0 aliphatic carbocycles. The molecule has 1 aliphatic heterocycles. The number of fused-ring (bicyclic) bond motifs is 1. The van der Waals surface area contributed by atoms with Gasteiger partial charge >= 0.3 is 0 Å². The molecule has 0 spiro atoms. The van der Waals surface area contributed by atoms with Gasteiger partial charge in [-0.3, -0.25) is 0 Å².